The van der Waals surface area contributed by atoms with Crippen LogP contribution in [-0.2, 0) is 0 Å². The van der Waals surface area contributed by atoms with Gasteiger partial charge in [0, 0.05) is 18.2 Å². The molecule has 2 heteroatoms. The molecule has 2 nitrogen and oxygen atoms in total. The van der Waals surface area contributed by atoms with E-state index in [1.165, 1.54) is 5.56 Å². The van der Waals surface area contributed by atoms with Crippen LogP contribution in [0.15, 0.2) is 35.3 Å². The summed E-state index contributed by atoms with van der Waals surface area (Å²) < 4.78 is 0. The molecule has 74 valence electrons. The summed E-state index contributed by atoms with van der Waals surface area (Å²) in [5.74, 6) is 1.15. The molecule has 0 saturated heterocycles. The number of rotatable bonds is 2. The molecule has 0 spiro atoms. The first-order chi connectivity index (χ1) is 6.79. The molecule has 0 fully saturated rings. The SMILES string of the molecule is CC(C)N1CCN=C1c1ccccc1. The molecule has 1 aliphatic rings. The second-order valence-electron chi connectivity index (χ2n) is 3.86. The van der Waals surface area contributed by atoms with Crippen molar-refractivity contribution < 1.29 is 0 Å². The molecule has 0 aliphatic carbocycles. The van der Waals surface area contributed by atoms with Gasteiger partial charge in [-0.2, -0.15) is 0 Å². The Hall–Kier alpha value is -1.31. The summed E-state index contributed by atoms with van der Waals surface area (Å²) in [7, 11) is 0. The van der Waals surface area contributed by atoms with Crippen LogP contribution in [0.3, 0.4) is 0 Å². The molecule has 0 N–H and O–H groups in total. The van der Waals surface area contributed by atoms with Gasteiger partial charge in [0.1, 0.15) is 5.84 Å². The number of benzene rings is 1. The van der Waals surface area contributed by atoms with Crippen LogP contribution < -0.4 is 0 Å². The van der Waals surface area contributed by atoms with Crippen LogP contribution in [0.5, 0.6) is 0 Å². The first-order valence-electron chi connectivity index (χ1n) is 5.15. The van der Waals surface area contributed by atoms with E-state index >= 15 is 0 Å². The first-order valence-corrected chi connectivity index (χ1v) is 5.15. The van der Waals surface area contributed by atoms with Crippen LogP contribution in [0.25, 0.3) is 0 Å². The number of nitrogens with zero attached hydrogens (tertiary/aromatic N) is 2. The van der Waals surface area contributed by atoms with Crippen molar-refractivity contribution in [2.75, 3.05) is 13.1 Å². The molecule has 0 atom stereocenters. The van der Waals surface area contributed by atoms with Gasteiger partial charge in [-0.1, -0.05) is 30.3 Å². The van der Waals surface area contributed by atoms with Crippen molar-refractivity contribution in [2.24, 2.45) is 4.99 Å². The maximum absolute atomic E-state index is 4.55. The van der Waals surface area contributed by atoms with Crippen LogP contribution >= 0.6 is 0 Å². The van der Waals surface area contributed by atoms with Gasteiger partial charge in [-0.25, -0.2) is 0 Å². The zero-order valence-corrected chi connectivity index (χ0v) is 8.77. The summed E-state index contributed by atoms with van der Waals surface area (Å²) in [5, 5.41) is 0. The maximum Gasteiger partial charge on any atom is 0.131 e. The highest BCUT2D eigenvalue weighted by Crippen LogP contribution is 2.13. The highest BCUT2D eigenvalue weighted by Gasteiger charge is 2.20. The van der Waals surface area contributed by atoms with Crippen LogP contribution in [0.2, 0.25) is 0 Å². The summed E-state index contributed by atoms with van der Waals surface area (Å²) in [6, 6.07) is 11.0. The molecule has 0 radical (unpaired) electrons. The van der Waals surface area contributed by atoms with Crippen molar-refractivity contribution in [1.82, 2.24) is 4.90 Å². The monoisotopic (exact) mass is 188 g/mol. The lowest BCUT2D eigenvalue weighted by Crippen LogP contribution is -2.34. The van der Waals surface area contributed by atoms with Gasteiger partial charge < -0.3 is 4.90 Å². The Morgan fingerprint density at radius 3 is 2.57 bits per heavy atom. The minimum Gasteiger partial charge on any atom is -0.352 e. The summed E-state index contributed by atoms with van der Waals surface area (Å²) in [4.78, 5) is 6.91. The lowest BCUT2D eigenvalue weighted by atomic mass is 10.2. The zero-order chi connectivity index (χ0) is 9.97. The molecule has 14 heavy (non-hydrogen) atoms. The van der Waals surface area contributed by atoms with E-state index in [-0.39, 0.29) is 0 Å². The number of aliphatic imine (C=N–C) groups is 1. The normalized spacial score (nSPS) is 16.2. The molecule has 1 heterocycles. The van der Waals surface area contributed by atoms with E-state index in [9.17, 15) is 0 Å². The summed E-state index contributed by atoms with van der Waals surface area (Å²) in [6.07, 6.45) is 0. The highest BCUT2D eigenvalue weighted by molar-refractivity contribution is 5.99. The smallest absolute Gasteiger partial charge is 0.131 e. The van der Waals surface area contributed by atoms with Gasteiger partial charge >= 0.3 is 0 Å². The van der Waals surface area contributed by atoms with Gasteiger partial charge in [0.25, 0.3) is 0 Å². The summed E-state index contributed by atoms with van der Waals surface area (Å²) in [6.45, 7) is 6.41. The molecule has 1 aliphatic heterocycles. The van der Waals surface area contributed by atoms with Gasteiger partial charge in [0.2, 0.25) is 0 Å². The fourth-order valence-corrected chi connectivity index (χ4v) is 1.81. The molecular formula is C12H16N2. The van der Waals surface area contributed by atoms with Crippen molar-refractivity contribution >= 4 is 5.84 Å². The van der Waals surface area contributed by atoms with E-state index in [1.807, 2.05) is 6.07 Å². The van der Waals surface area contributed by atoms with E-state index in [1.54, 1.807) is 0 Å². The molecule has 0 amide bonds. The third-order valence-electron chi connectivity index (χ3n) is 2.53. The average Bonchev–Trinajstić information content (AvgIpc) is 2.67. The van der Waals surface area contributed by atoms with E-state index in [4.69, 9.17) is 0 Å². The van der Waals surface area contributed by atoms with Crippen molar-refractivity contribution in [3.63, 3.8) is 0 Å². The highest BCUT2D eigenvalue weighted by atomic mass is 15.3. The Kier molecular flexibility index (Phi) is 2.53. The summed E-state index contributed by atoms with van der Waals surface area (Å²) >= 11 is 0. The molecule has 0 unspecified atom stereocenters. The molecule has 1 aromatic rings. The Bertz CT molecular complexity index is 327. The Balaban J connectivity index is 2.26. The number of hydrogen-bond donors (Lipinski definition) is 0. The van der Waals surface area contributed by atoms with Gasteiger partial charge in [-0.05, 0) is 13.8 Å². The van der Waals surface area contributed by atoms with Crippen molar-refractivity contribution in [1.29, 1.82) is 0 Å². The standard InChI is InChI=1S/C12H16N2/c1-10(2)14-9-8-13-12(14)11-6-4-3-5-7-11/h3-7,10H,8-9H2,1-2H3. The third kappa shape index (κ3) is 1.65. The second-order valence-corrected chi connectivity index (χ2v) is 3.86. The fourth-order valence-electron chi connectivity index (χ4n) is 1.81. The topological polar surface area (TPSA) is 15.6 Å². The zero-order valence-electron chi connectivity index (χ0n) is 8.77. The Morgan fingerprint density at radius 2 is 1.93 bits per heavy atom. The van der Waals surface area contributed by atoms with Crippen molar-refractivity contribution in [2.45, 2.75) is 19.9 Å². The van der Waals surface area contributed by atoms with Crippen LogP contribution in [0.4, 0.5) is 0 Å². The lowest BCUT2D eigenvalue weighted by Gasteiger charge is -2.24. The van der Waals surface area contributed by atoms with Crippen LogP contribution in [0, 0.1) is 0 Å². The third-order valence-corrected chi connectivity index (χ3v) is 2.53. The number of hydrogen-bond acceptors (Lipinski definition) is 2. The largest absolute Gasteiger partial charge is 0.352 e. The first kappa shape index (κ1) is 9.25. The Morgan fingerprint density at radius 1 is 1.21 bits per heavy atom. The molecule has 0 saturated carbocycles. The summed E-state index contributed by atoms with van der Waals surface area (Å²) in [5.41, 5.74) is 1.23. The van der Waals surface area contributed by atoms with Gasteiger partial charge in [0.15, 0.2) is 0 Å². The van der Waals surface area contributed by atoms with Crippen molar-refractivity contribution in [3.8, 4) is 0 Å². The fraction of sp³-hybridized carbons (Fsp3) is 0.417. The minimum absolute atomic E-state index is 0.538. The van der Waals surface area contributed by atoms with E-state index in [0.717, 1.165) is 18.9 Å². The lowest BCUT2D eigenvalue weighted by molar-refractivity contribution is 0.381. The van der Waals surface area contributed by atoms with E-state index < -0.39 is 0 Å². The van der Waals surface area contributed by atoms with Crippen LogP contribution in [0.1, 0.15) is 19.4 Å². The minimum atomic E-state index is 0.538. The average molecular weight is 188 g/mol. The van der Waals surface area contributed by atoms with Gasteiger partial charge in [-0.15, -0.1) is 0 Å². The van der Waals surface area contributed by atoms with E-state index in [0.29, 0.717) is 6.04 Å². The predicted octanol–water partition coefficient (Wildman–Crippen LogP) is 2.16. The molecule has 2 rings (SSSR count). The van der Waals surface area contributed by atoms with Crippen LogP contribution in [-0.4, -0.2) is 29.9 Å². The molecule has 0 aromatic heterocycles. The van der Waals surface area contributed by atoms with Gasteiger partial charge in [0.05, 0.1) is 6.54 Å². The van der Waals surface area contributed by atoms with E-state index in [2.05, 4.69) is 48.0 Å². The molecule has 0 bridgehead atoms. The maximum atomic E-state index is 4.55. The Labute approximate surface area is 85.3 Å². The molecule has 1 aromatic carbocycles. The predicted molar refractivity (Wildman–Crippen MR) is 59.7 cm³/mol. The quantitative estimate of drug-likeness (QED) is 0.694. The molecular weight excluding hydrogens is 172 g/mol. The van der Waals surface area contributed by atoms with Gasteiger partial charge in [-0.3, -0.25) is 4.99 Å². The second kappa shape index (κ2) is 3.82. The number of amidine groups is 1. The van der Waals surface area contributed by atoms with Crippen molar-refractivity contribution in [3.05, 3.63) is 35.9 Å².